The molecule has 2 aliphatic rings. The molecule has 0 bridgehead atoms. The maximum Gasteiger partial charge on any atom is 0.225 e. The molecule has 2 aliphatic carbocycles. The Kier molecular flexibility index (Phi) is 4.00. The van der Waals surface area contributed by atoms with Gasteiger partial charge in [0, 0.05) is 12.0 Å². The van der Waals surface area contributed by atoms with Crippen LogP contribution in [0.25, 0.3) is 0 Å². The Morgan fingerprint density at radius 3 is 2.57 bits per heavy atom. The average molecular weight is 289 g/mol. The summed E-state index contributed by atoms with van der Waals surface area (Å²) in [5, 5.41) is 23.3. The average Bonchev–Trinajstić information content (AvgIpc) is 3.19. The van der Waals surface area contributed by atoms with Crippen LogP contribution in [0.4, 0.5) is 0 Å². The highest BCUT2D eigenvalue weighted by molar-refractivity contribution is 5.79. The van der Waals surface area contributed by atoms with Crippen LogP contribution < -0.4 is 5.32 Å². The Balaban J connectivity index is 1.58. The van der Waals surface area contributed by atoms with Crippen molar-refractivity contribution in [2.24, 2.45) is 11.3 Å². The van der Waals surface area contributed by atoms with Gasteiger partial charge in [0.1, 0.15) is 0 Å². The van der Waals surface area contributed by atoms with Gasteiger partial charge in [-0.3, -0.25) is 4.79 Å². The van der Waals surface area contributed by atoms with Gasteiger partial charge in [-0.2, -0.15) is 0 Å². The topological polar surface area (TPSA) is 69.6 Å². The zero-order valence-corrected chi connectivity index (χ0v) is 12.2. The van der Waals surface area contributed by atoms with E-state index in [0.29, 0.717) is 6.54 Å². The van der Waals surface area contributed by atoms with Crippen molar-refractivity contribution >= 4 is 5.91 Å². The number of hydrogen-bond acceptors (Lipinski definition) is 3. The van der Waals surface area contributed by atoms with Crippen molar-refractivity contribution in [2.75, 3.05) is 6.54 Å². The van der Waals surface area contributed by atoms with Gasteiger partial charge < -0.3 is 15.5 Å². The Hall–Kier alpha value is -1.39. The van der Waals surface area contributed by atoms with E-state index in [1.54, 1.807) is 0 Å². The SMILES string of the molecule is O=C(NCC1(C(O)c2ccccc2)CC1)C1CCCC1O. The molecule has 2 fully saturated rings. The van der Waals surface area contributed by atoms with E-state index < -0.39 is 12.2 Å². The number of carbonyl (C=O) groups is 1. The molecule has 1 aromatic rings. The first-order valence-corrected chi connectivity index (χ1v) is 7.81. The number of benzene rings is 1. The summed E-state index contributed by atoms with van der Waals surface area (Å²) in [5.41, 5.74) is 0.686. The molecular formula is C17H23NO3. The van der Waals surface area contributed by atoms with Crippen molar-refractivity contribution in [3.8, 4) is 0 Å². The zero-order chi connectivity index (χ0) is 14.9. The van der Waals surface area contributed by atoms with Crippen molar-refractivity contribution in [1.29, 1.82) is 0 Å². The van der Waals surface area contributed by atoms with Crippen LogP contribution in [-0.2, 0) is 4.79 Å². The number of aliphatic hydroxyl groups excluding tert-OH is 2. The number of rotatable bonds is 5. The molecule has 0 heterocycles. The molecule has 3 atom stereocenters. The quantitative estimate of drug-likeness (QED) is 0.774. The van der Waals surface area contributed by atoms with E-state index in [2.05, 4.69) is 5.32 Å². The maximum atomic E-state index is 12.1. The third kappa shape index (κ3) is 2.97. The van der Waals surface area contributed by atoms with Crippen LogP contribution in [0.2, 0.25) is 0 Å². The highest BCUT2D eigenvalue weighted by Crippen LogP contribution is 2.54. The van der Waals surface area contributed by atoms with Gasteiger partial charge in [0.05, 0.1) is 18.1 Å². The summed E-state index contributed by atoms with van der Waals surface area (Å²) in [4.78, 5) is 12.1. The smallest absolute Gasteiger partial charge is 0.225 e. The Bertz CT molecular complexity index is 498. The van der Waals surface area contributed by atoms with E-state index in [1.165, 1.54) is 0 Å². The third-order valence-electron chi connectivity index (χ3n) is 5.02. The molecule has 114 valence electrons. The van der Waals surface area contributed by atoms with Crippen LogP contribution in [0.15, 0.2) is 30.3 Å². The Morgan fingerprint density at radius 1 is 1.29 bits per heavy atom. The van der Waals surface area contributed by atoms with Gasteiger partial charge >= 0.3 is 0 Å². The van der Waals surface area contributed by atoms with Crippen LogP contribution >= 0.6 is 0 Å². The molecule has 4 nitrogen and oxygen atoms in total. The molecule has 2 saturated carbocycles. The lowest BCUT2D eigenvalue weighted by Gasteiger charge is -2.24. The molecule has 0 radical (unpaired) electrons. The first kappa shape index (κ1) is 14.5. The van der Waals surface area contributed by atoms with Crippen LogP contribution in [0.3, 0.4) is 0 Å². The predicted octanol–water partition coefficient (Wildman–Crippen LogP) is 1.78. The lowest BCUT2D eigenvalue weighted by molar-refractivity contribution is -0.128. The summed E-state index contributed by atoms with van der Waals surface area (Å²) in [6.07, 6.45) is 3.22. The highest BCUT2D eigenvalue weighted by atomic mass is 16.3. The normalized spacial score (nSPS) is 28.1. The van der Waals surface area contributed by atoms with Crippen molar-refractivity contribution in [3.05, 3.63) is 35.9 Å². The number of hydrogen-bond donors (Lipinski definition) is 3. The van der Waals surface area contributed by atoms with E-state index >= 15 is 0 Å². The standard InChI is InChI=1S/C17H23NO3/c19-14-8-4-7-13(14)16(21)18-11-17(9-10-17)15(20)12-5-2-1-3-6-12/h1-3,5-6,13-15,19-20H,4,7-11H2,(H,18,21). The van der Waals surface area contributed by atoms with Gasteiger partial charge in [0.15, 0.2) is 0 Å². The molecule has 0 aromatic heterocycles. The van der Waals surface area contributed by atoms with Crippen molar-refractivity contribution < 1.29 is 15.0 Å². The van der Waals surface area contributed by atoms with Crippen molar-refractivity contribution in [2.45, 2.75) is 44.3 Å². The van der Waals surface area contributed by atoms with Gasteiger partial charge in [-0.25, -0.2) is 0 Å². The Labute approximate surface area is 125 Å². The van der Waals surface area contributed by atoms with Crippen LogP contribution in [-0.4, -0.2) is 28.8 Å². The fraction of sp³-hybridized carbons (Fsp3) is 0.588. The minimum Gasteiger partial charge on any atom is -0.392 e. The van der Waals surface area contributed by atoms with Gasteiger partial charge in [-0.1, -0.05) is 30.3 Å². The summed E-state index contributed by atoms with van der Waals surface area (Å²) in [6, 6.07) is 9.61. The van der Waals surface area contributed by atoms with E-state index in [4.69, 9.17) is 0 Å². The van der Waals surface area contributed by atoms with Gasteiger partial charge in [-0.15, -0.1) is 0 Å². The van der Waals surface area contributed by atoms with E-state index in [0.717, 1.165) is 37.7 Å². The molecule has 4 heteroatoms. The van der Waals surface area contributed by atoms with Gasteiger partial charge in [0.2, 0.25) is 5.91 Å². The molecule has 0 aliphatic heterocycles. The second-order valence-electron chi connectivity index (χ2n) is 6.50. The lowest BCUT2D eigenvalue weighted by Crippen LogP contribution is -2.39. The minimum absolute atomic E-state index is 0.0634. The first-order chi connectivity index (χ1) is 10.1. The fourth-order valence-electron chi connectivity index (χ4n) is 3.34. The first-order valence-electron chi connectivity index (χ1n) is 7.81. The van der Waals surface area contributed by atoms with Crippen LogP contribution in [0.5, 0.6) is 0 Å². The molecule has 3 rings (SSSR count). The van der Waals surface area contributed by atoms with Gasteiger partial charge in [0.25, 0.3) is 0 Å². The summed E-state index contributed by atoms with van der Waals surface area (Å²) >= 11 is 0. The van der Waals surface area contributed by atoms with Crippen LogP contribution in [0, 0.1) is 11.3 Å². The molecular weight excluding hydrogens is 266 g/mol. The van der Waals surface area contributed by atoms with Gasteiger partial charge in [-0.05, 0) is 37.7 Å². The lowest BCUT2D eigenvalue weighted by atomic mass is 9.92. The number of amides is 1. The number of carbonyl (C=O) groups excluding carboxylic acids is 1. The molecule has 0 spiro atoms. The molecule has 1 amide bonds. The number of nitrogens with one attached hydrogen (secondary N) is 1. The van der Waals surface area contributed by atoms with E-state index in [9.17, 15) is 15.0 Å². The summed E-state index contributed by atoms with van der Waals surface area (Å²) in [7, 11) is 0. The predicted molar refractivity (Wildman–Crippen MR) is 79.4 cm³/mol. The monoisotopic (exact) mass is 289 g/mol. The largest absolute Gasteiger partial charge is 0.392 e. The van der Waals surface area contributed by atoms with Crippen molar-refractivity contribution in [1.82, 2.24) is 5.32 Å². The fourth-order valence-corrected chi connectivity index (χ4v) is 3.34. The van der Waals surface area contributed by atoms with E-state index in [1.807, 2.05) is 30.3 Å². The summed E-state index contributed by atoms with van der Waals surface area (Å²) in [6.45, 7) is 0.491. The molecule has 3 N–H and O–H groups in total. The summed E-state index contributed by atoms with van der Waals surface area (Å²) in [5.74, 6) is -0.332. The molecule has 1 aromatic carbocycles. The van der Waals surface area contributed by atoms with Crippen LogP contribution in [0.1, 0.15) is 43.8 Å². The second-order valence-corrected chi connectivity index (χ2v) is 6.50. The second kappa shape index (κ2) is 5.78. The molecule has 21 heavy (non-hydrogen) atoms. The molecule has 3 unspecified atom stereocenters. The highest BCUT2D eigenvalue weighted by Gasteiger charge is 2.49. The Morgan fingerprint density at radius 2 is 2.00 bits per heavy atom. The third-order valence-corrected chi connectivity index (χ3v) is 5.02. The molecule has 0 saturated heterocycles. The van der Waals surface area contributed by atoms with Crippen molar-refractivity contribution in [3.63, 3.8) is 0 Å². The minimum atomic E-state index is -0.535. The van der Waals surface area contributed by atoms with E-state index in [-0.39, 0.29) is 17.2 Å². The maximum absolute atomic E-state index is 12.1. The number of aliphatic hydroxyl groups is 2. The zero-order valence-electron chi connectivity index (χ0n) is 12.2. The summed E-state index contributed by atoms with van der Waals surface area (Å²) < 4.78 is 0.